The number of nitrogens with zero attached hydrogens (tertiary/aromatic N) is 3. The number of aromatic nitrogens is 2. The van der Waals surface area contributed by atoms with Crippen molar-refractivity contribution in [1.29, 1.82) is 5.26 Å². The van der Waals surface area contributed by atoms with Crippen molar-refractivity contribution in [2.75, 3.05) is 0 Å². The molecule has 4 nitrogen and oxygen atoms in total. The third kappa shape index (κ3) is 1.92. The second kappa shape index (κ2) is 3.76. The Kier molecular flexibility index (Phi) is 2.30. The molecule has 1 aromatic carbocycles. The van der Waals surface area contributed by atoms with Crippen LogP contribution in [0.25, 0.3) is 11.4 Å². The highest BCUT2D eigenvalue weighted by Crippen LogP contribution is 2.16. The monoisotopic (exact) mass is 197 g/mol. The minimum atomic E-state index is 0.0233. The predicted molar refractivity (Wildman–Crippen MR) is 53.8 cm³/mol. The van der Waals surface area contributed by atoms with E-state index in [-0.39, 0.29) is 5.75 Å². The molecule has 0 bridgehead atoms. The highest BCUT2D eigenvalue weighted by atomic mass is 16.3. The Balaban J connectivity index is 2.46. The first-order chi connectivity index (χ1) is 7.29. The minimum absolute atomic E-state index is 0.0233. The molecule has 0 aliphatic heterocycles. The van der Waals surface area contributed by atoms with Crippen molar-refractivity contribution in [2.45, 2.75) is 0 Å². The molecule has 72 valence electrons. The van der Waals surface area contributed by atoms with Crippen molar-refractivity contribution in [3.8, 4) is 23.2 Å². The molecule has 0 spiro atoms. The Hall–Kier alpha value is -2.41. The largest absolute Gasteiger partial charge is 0.505 e. The minimum Gasteiger partial charge on any atom is -0.505 e. The van der Waals surface area contributed by atoms with Crippen molar-refractivity contribution in [1.82, 2.24) is 9.97 Å². The van der Waals surface area contributed by atoms with Gasteiger partial charge in [0.2, 0.25) is 0 Å². The maximum Gasteiger partial charge on any atom is 0.159 e. The summed E-state index contributed by atoms with van der Waals surface area (Å²) in [5.41, 5.74) is 1.32. The number of nitriles is 1. The smallest absolute Gasteiger partial charge is 0.159 e. The molecule has 4 heteroatoms. The van der Waals surface area contributed by atoms with E-state index in [2.05, 4.69) is 9.97 Å². The summed E-state index contributed by atoms with van der Waals surface area (Å²) in [4.78, 5) is 7.91. The second-order valence-electron chi connectivity index (χ2n) is 2.96. The van der Waals surface area contributed by atoms with E-state index < -0.39 is 0 Å². The fraction of sp³-hybridized carbons (Fsp3) is 0. The van der Waals surface area contributed by atoms with Crippen molar-refractivity contribution < 1.29 is 5.11 Å². The lowest BCUT2D eigenvalue weighted by Crippen LogP contribution is -1.87. The fourth-order valence-corrected chi connectivity index (χ4v) is 1.20. The number of hydrogen-bond acceptors (Lipinski definition) is 4. The second-order valence-corrected chi connectivity index (χ2v) is 2.96. The Morgan fingerprint density at radius 3 is 2.60 bits per heavy atom. The Morgan fingerprint density at radius 1 is 1.20 bits per heavy atom. The number of aromatic hydroxyl groups is 1. The van der Waals surface area contributed by atoms with Crippen molar-refractivity contribution in [3.05, 3.63) is 42.2 Å². The molecule has 0 unspecified atom stereocenters. The van der Waals surface area contributed by atoms with E-state index >= 15 is 0 Å². The number of rotatable bonds is 1. The van der Waals surface area contributed by atoms with Crippen LogP contribution in [0.5, 0.6) is 5.75 Å². The number of benzene rings is 1. The van der Waals surface area contributed by atoms with Crippen LogP contribution in [-0.4, -0.2) is 15.1 Å². The van der Waals surface area contributed by atoms with Gasteiger partial charge in [0.25, 0.3) is 0 Å². The normalized spacial score (nSPS) is 9.53. The Labute approximate surface area is 86.5 Å². The lowest BCUT2D eigenvalue weighted by molar-refractivity contribution is 0.470. The van der Waals surface area contributed by atoms with Gasteiger partial charge < -0.3 is 5.11 Å². The van der Waals surface area contributed by atoms with Crippen molar-refractivity contribution >= 4 is 0 Å². The molecule has 0 amide bonds. The molecular weight excluding hydrogens is 190 g/mol. The maximum absolute atomic E-state index is 9.03. The first kappa shape index (κ1) is 9.16. The van der Waals surface area contributed by atoms with E-state index in [4.69, 9.17) is 10.4 Å². The van der Waals surface area contributed by atoms with E-state index in [1.807, 2.05) is 12.1 Å². The fourth-order valence-electron chi connectivity index (χ4n) is 1.20. The lowest BCUT2D eigenvalue weighted by atomic mass is 10.1. The van der Waals surface area contributed by atoms with Gasteiger partial charge in [-0.2, -0.15) is 5.26 Å². The van der Waals surface area contributed by atoms with Gasteiger partial charge in [0.15, 0.2) is 11.6 Å². The van der Waals surface area contributed by atoms with Crippen LogP contribution in [0.2, 0.25) is 0 Å². The van der Waals surface area contributed by atoms with Crippen LogP contribution in [0.4, 0.5) is 0 Å². The van der Waals surface area contributed by atoms with E-state index in [9.17, 15) is 0 Å². The molecule has 15 heavy (non-hydrogen) atoms. The SMILES string of the molecule is N#Cc1cccc(-c2ncc(O)cn2)c1. The molecule has 0 fully saturated rings. The third-order valence-electron chi connectivity index (χ3n) is 1.89. The Morgan fingerprint density at radius 2 is 1.93 bits per heavy atom. The standard InChI is InChI=1S/C11H7N3O/c12-5-8-2-1-3-9(4-8)11-13-6-10(15)7-14-11/h1-4,6-7,15H. The average Bonchev–Trinajstić information content (AvgIpc) is 2.30. The third-order valence-corrected chi connectivity index (χ3v) is 1.89. The van der Waals surface area contributed by atoms with Gasteiger partial charge in [0, 0.05) is 5.56 Å². The summed E-state index contributed by atoms with van der Waals surface area (Å²) in [6.45, 7) is 0. The van der Waals surface area contributed by atoms with Gasteiger partial charge in [-0.25, -0.2) is 9.97 Å². The van der Waals surface area contributed by atoms with E-state index in [0.29, 0.717) is 11.4 Å². The zero-order chi connectivity index (χ0) is 10.7. The van der Waals surface area contributed by atoms with Crippen LogP contribution in [0.3, 0.4) is 0 Å². The van der Waals surface area contributed by atoms with Gasteiger partial charge in [-0.3, -0.25) is 0 Å². The van der Waals surface area contributed by atoms with Crippen LogP contribution in [0.1, 0.15) is 5.56 Å². The molecule has 2 rings (SSSR count). The highest BCUT2D eigenvalue weighted by Gasteiger charge is 2.01. The van der Waals surface area contributed by atoms with Crippen LogP contribution in [-0.2, 0) is 0 Å². The maximum atomic E-state index is 9.03. The predicted octanol–water partition coefficient (Wildman–Crippen LogP) is 1.72. The molecule has 0 aliphatic rings. The van der Waals surface area contributed by atoms with Gasteiger partial charge in [-0.05, 0) is 12.1 Å². The zero-order valence-corrected chi connectivity index (χ0v) is 7.75. The van der Waals surface area contributed by atoms with E-state index in [0.717, 1.165) is 5.56 Å². The van der Waals surface area contributed by atoms with Gasteiger partial charge >= 0.3 is 0 Å². The summed E-state index contributed by atoms with van der Waals surface area (Å²) >= 11 is 0. The van der Waals surface area contributed by atoms with Gasteiger partial charge in [-0.15, -0.1) is 0 Å². The first-order valence-electron chi connectivity index (χ1n) is 4.31. The molecule has 0 radical (unpaired) electrons. The van der Waals surface area contributed by atoms with Crippen LogP contribution >= 0.6 is 0 Å². The molecule has 0 aliphatic carbocycles. The van der Waals surface area contributed by atoms with E-state index in [1.165, 1.54) is 12.4 Å². The van der Waals surface area contributed by atoms with Crippen molar-refractivity contribution in [3.63, 3.8) is 0 Å². The summed E-state index contributed by atoms with van der Waals surface area (Å²) in [5.74, 6) is 0.514. The van der Waals surface area contributed by atoms with Crippen LogP contribution in [0.15, 0.2) is 36.7 Å². The van der Waals surface area contributed by atoms with Gasteiger partial charge in [-0.1, -0.05) is 12.1 Å². The van der Waals surface area contributed by atoms with Gasteiger partial charge in [0.1, 0.15) is 0 Å². The number of hydrogen-bond donors (Lipinski definition) is 1. The molecule has 0 atom stereocenters. The first-order valence-corrected chi connectivity index (χ1v) is 4.31. The quantitative estimate of drug-likeness (QED) is 0.755. The summed E-state index contributed by atoms with van der Waals surface area (Å²) < 4.78 is 0. The summed E-state index contributed by atoms with van der Waals surface area (Å²) in [6, 6.07) is 9.04. The molecule has 0 saturated carbocycles. The molecule has 0 saturated heterocycles. The zero-order valence-electron chi connectivity index (χ0n) is 7.75. The topological polar surface area (TPSA) is 69.8 Å². The van der Waals surface area contributed by atoms with Crippen LogP contribution < -0.4 is 0 Å². The summed E-state index contributed by atoms with van der Waals surface area (Å²) in [5, 5.41) is 17.7. The lowest BCUT2D eigenvalue weighted by Gasteiger charge is -1.99. The average molecular weight is 197 g/mol. The Bertz CT molecular complexity index is 514. The van der Waals surface area contributed by atoms with Crippen LogP contribution in [0, 0.1) is 11.3 Å². The van der Waals surface area contributed by atoms with Gasteiger partial charge in [0.05, 0.1) is 24.0 Å². The highest BCUT2D eigenvalue weighted by molar-refractivity contribution is 5.57. The molecule has 1 N–H and O–H groups in total. The molecule has 1 heterocycles. The molecular formula is C11H7N3O. The summed E-state index contributed by atoms with van der Waals surface area (Å²) in [7, 11) is 0. The van der Waals surface area contributed by atoms with E-state index in [1.54, 1.807) is 18.2 Å². The summed E-state index contributed by atoms with van der Waals surface area (Å²) in [6.07, 6.45) is 2.64. The molecule has 2 aromatic rings. The van der Waals surface area contributed by atoms with Crippen molar-refractivity contribution in [2.24, 2.45) is 0 Å². The molecule has 1 aromatic heterocycles.